The smallest absolute Gasteiger partial charge is 0.167 e. The summed E-state index contributed by atoms with van der Waals surface area (Å²) in [6.45, 7) is 2.03. The van der Waals surface area contributed by atoms with Gasteiger partial charge in [-0.2, -0.15) is 0 Å². The Labute approximate surface area is 104 Å². The zero-order valence-electron chi connectivity index (χ0n) is 10.0. The van der Waals surface area contributed by atoms with Crippen LogP contribution in [0.2, 0.25) is 0 Å². The standard InChI is InChI=1S/C11H15N5O2/c1-2-6-3-7(17)11(18-6)16-5-15-8-9(12)13-4-14-10(8)16/h4-7,11,17H,2-3H2,1H3,(H2,12,13,14)/t6-,7?,11-/m1/s1. The van der Waals surface area contributed by atoms with Crippen LogP contribution in [0.15, 0.2) is 12.7 Å². The van der Waals surface area contributed by atoms with Crippen LogP contribution in [0.4, 0.5) is 5.82 Å². The van der Waals surface area contributed by atoms with Crippen LogP contribution in [0.1, 0.15) is 26.0 Å². The number of imidazole rings is 1. The molecule has 0 saturated carbocycles. The first-order chi connectivity index (χ1) is 8.70. The molecule has 0 aromatic carbocycles. The molecule has 0 aliphatic carbocycles. The summed E-state index contributed by atoms with van der Waals surface area (Å²) < 4.78 is 7.50. The molecule has 3 rings (SSSR count). The fourth-order valence-electron chi connectivity index (χ4n) is 2.30. The lowest BCUT2D eigenvalue weighted by Crippen LogP contribution is -2.19. The summed E-state index contributed by atoms with van der Waals surface area (Å²) in [6.07, 6.45) is 3.54. The summed E-state index contributed by atoms with van der Waals surface area (Å²) in [5.41, 5.74) is 6.85. The lowest BCUT2D eigenvalue weighted by atomic mass is 10.1. The van der Waals surface area contributed by atoms with Crippen molar-refractivity contribution in [2.45, 2.75) is 38.2 Å². The molecule has 1 aliphatic rings. The number of fused-ring (bicyclic) bond motifs is 1. The molecule has 0 radical (unpaired) electrons. The highest BCUT2D eigenvalue weighted by Gasteiger charge is 2.35. The Kier molecular flexibility index (Phi) is 2.64. The Morgan fingerprint density at radius 2 is 2.33 bits per heavy atom. The van der Waals surface area contributed by atoms with E-state index in [0.717, 1.165) is 6.42 Å². The SMILES string of the molecule is CC[C@@H]1CC(O)[C@H](n2cnc3c(N)ncnc32)O1. The first kappa shape index (κ1) is 11.4. The van der Waals surface area contributed by atoms with Crippen LogP contribution in [0.5, 0.6) is 0 Å². The molecule has 1 unspecified atom stereocenters. The normalized spacial score (nSPS) is 28.0. The highest BCUT2D eigenvalue weighted by molar-refractivity contribution is 5.81. The Balaban J connectivity index is 2.02. The largest absolute Gasteiger partial charge is 0.388 e. The number of rotatable bonds is 2. The molecule has 0 spiro atoms. The molecule has 3 heterocycles. The second-order valence-corrected chi connectivity index (χ2v) is 4.44. The first-order valence-corrected chi connectivity index (χ1v) is 5.97. The fourth-order valence-corrected chi connectivity index (χ4v) is 2.30. The van der Waals surface area contributed by atoms with E-state index in [1.165, 1.54) is 6.33 Å². The lowest BCUT2D eigenvalue weighted by Gasteiger charge is -2.16. The van der Waals surface area contributed by atoms with Gasteiger partial charge in [0.15, 0.2) is 17.7 Å². The maximum atomic E-state index is 10.0. The van der Waals surface area contributed by atoms with Crippen LogP contribution in [0, 0.1) is 0 Å². The molecule has 2 aromatic heterocycles. The molecule has 1 aliphatic heterocycles. The van der Waals surface area contributed by atoms with Gasteiger partial charge in [0.25, 0.3) is 0 Å². The second kappa shape index (κ2) is 4.18. The molecular formula is C11H15N5O2. The third kappa shape index (κ3) is 1.63. The van der Waals surface area contributed by atoms with Crippen molar-refractivity contribution in [3.05, 3.63) is 12.7 Å². The molecule has 1 fully saturated rings. The number of anilines is 1. The summed E-state index contributed by atoms with van der Waals surface area (Å²) in [5, 5.41) is 10.0. The fraction of sp³-hybridized carbons (Fsp3) is 0.545. The molecular weight excluding hydrogens is 234 g/mol. The summed E-state index contributed by atoms with van der Waals surface area (Å²) >= 11 is 0. The second-order valence-electron chi connectivity index (χ2n) is 4.44. The van der Waals surface area contributed by atoms with Crippen molar-refractivity contribution in [3.63, 3.8) is 0 Å². The van der Waals surface area contributed by atoms with Gasteiger partial charge in [0.1, 0.15) is 17.9 Å². The molecule has 7 heteroatoms. The maximum absolute atomic E-state index is 10.0. The number of aromatic nitrogens is 4. The van der Waals surface area contributed by atoms with E-state index < -0.39 is 12.3 Å². The number of ether oxygens (including phenoxy) is 1. The van der Waals surface area contributed by atoms with Crippen LogP contribution in [-0.4, -0.2) is 36.8 Å². The van der Waals surface area contributed by atoms with E-state index in [2.05, 4.69) is 15.0 Å². The van der Waals surface area contributed by atoms with Gasteiger partial charge in [-0.05, 0) is 6.42 Å². The van der Waals surface area contributed by atoms with Gasteiger partial charge in [-0.3, -0.25) is 4.57 Å². The van der Waals surface area contributed by atoms with Crippen molar-refractivity contribution in [2.24, 2.45) is 0 Å². The van der Waals surface area contributed by atoms with Crippen LogP contribution < -0.4 is 5.73 Å². The molecule has 18 heavy (non-hydrogen) atoms. The van der Waals surface area contributed by atoms with Crippen molar-refractivity contribution in [1.29, 1.82) is 0 Å². The minimum Gasteiger partial charge on any atom is -0.388 e. The van der Waals surface area contributed by atoms with Crippen LogP contribution in [0.3, 0.4) is 0 Å². The van der Waals surface area contributed by atoms with Crippen molar-refractivity contribution in [3.8, 4) is 0 Å². The number of nitrogen functional groups attached to an aromatic ring is 1. The predicted molar refractivity (Wildman–Crippen MR) is 64.6 cm³/mol. The number of nitrogens with zero attached hydrogens (tertiary/aromatic N) is 4. The maximum Gasteiger partial charge on any atom is 0.167 e. The third-order valence-electron chi connectivity index (χ3n) is 3.28. The van der Waals surface area contributed by atoms with Gasteiger partial charge >= 0.3 is 0 Å². The van der Waals surface area contributed by atoms with E-state index in [9.17, 15) is 5.11 Å². The van der Waals surface area contributed by atoms with E-state index in [4.69, 9.17) is 10.5 Å². The number of nitrogens with two attached hydrogens (primary N) is 1. The molecule has 7 nitrogen and oxygen atoms in total. The molecule has 1 saturated heterocycles. The van der Waals surface area contributed by atoms with Crippen molar-refractivity contribution >= 4 is 17.0 Å². The molecule has 3 atom stereocenters. The first-order valence-electron chi connectivity index (χ1n) is 5.97. The van der Waals surface area contributed by atoms with Crippen molar-refractivity contribution in [2.75, 3.05) is 5.73 Å². The molecule has 0 amide bonds. The number of hydrogen-bond donors (Lipinski definition) is 2. The van der Waals surface area contributed by atoms with Gasteiger partial charge < -0.3 is 15.6 Å². The Morgan fingerprint density at radius 3 is 3.06 bits per heavy atom. The summed E-state index contributed by atoms with van der Waals surface area (Å²) in [6, 6.07) is 0. The Hall–Kier alpha value is -1.73. The third-order valence-corrected chi connectivity index (χ3v) is 3.28. The van der Waals surface area contributed by atoms with E-state index in [0.29, 0.717) is 23.4 Å². The molecule has 96 valence electrons. The van der Waals surface area contributed by atoms with Gasteiger partial charge in [0, 0.05) is 6.42 Å². The summed E-state index contributed by atoms with van der Waals surface area (Å²) in [7, 11) is 0. The van der Waals surface area contributed by atoms with Crippen LogP contribution in [0.25, 0.3) is 11.2 Å². The van der Waals surface area contributed by atoms with Crippen molar-refractivity contribution in [1.82, 2.24) is 19.5 Å². The molecule has 2 aromatic rings. The van der Waals surface area contributed by atoms with Crippen LogP contribution >= 0.6 is 0 Å². The predicted octanol–water partition coefficient (Wildman–Crippen LogP) is 0.467. The van der Waals surface area contributed by atoms with E-state index in [1.807, 2.05) is 6.92 Å². The van der Waals surface area contributed by atoms with E-state index in [-0.39, 0.29) is 6.10 Å². The number of aliphatic hydroxyl groups is 1. The van der Waals surface area contributed by atoms with Gasteiger partial charge in [-0.1, -0.05) is 6.92 Å². The lowest BCUT2D eigenvalue weighted by molar-refractivity contribution is -0.0355. The van der Waals surface area contributed by atoms with Gasteiger partial charge in [-0.15, -0.1) is 0 Å². The molecule has 3 N–H and O–H groups in total. The quantitative estimate of drug-likeness (QED) is 0.802. The average Bonchev–Trinajstić information content (AvgIpc) is 2.93. The van der Waals surface area contributed by atoms with Crippen LogP contribution in [-0.2, 0) is 4.74 Å². The minimum absolute atomic E-state index is 0.0710. The van der Waals surface area contributed by atoms with E-state index >= 15 is 0 Å². The summed E-state index contributed by atoms with van der Waals surface area (Å²) in [4.78, 5) is 12.2. The highest BCUT2D eigenvalue weighted by atomic mass is 16.5. The van der Waals surface area contributed by atoms with Crippen molar-refractivity contribution < 1.29 is 9.84 Å². The summed E-state index contributed by atoms with van der Waals surface area (Å²) in [5.74, 6) is 0.332. The highest BCUT2D eigenvalue weighted by Crippen LogP contribution is 2.32. The average molecular weight is 249 g/mol. The topological polar surface area (TPSA) is 99.1 Å². The van der Waals surface area contributed by atoms with E-state index in [1.54, 1.807) is 10.9 Å². The Morgan fingerprint density at radius 1 is 1.50 bits per heavy atom. The van der Waals surface area contributed by atoms with Gasteiger partial charge in [0.2, 0.25) is 0 Å². The van der Waals surface area contributed by atoms with Gasteiger partial charge in [-0.25, -0.2) is 15.0 Å². The number of hydrogen-bond acceptors (Lipinski definition) is 6. The van der Waals surface area contributed by atoms with Gasteiger partial charge in [0.05, 0.1) is 12.4 Å². The zero-order chi connectivity index (χ0) is 12.7. The number of aliphatic hydroxyl groups excluding tert-OH is 1. The minimum atomic E-state index is -0.552. The monoisotopic (exact) mass is 249 g/mol. The zero-order valence-corrected chi connectivity index (χ0v) is 10.0. The molecule has 0 bridgehead atoms. The Bertz CT molecular complexity index is 570.